The zero-order valence-corrected chi connectivity index (χ0v) is 13.0. The predicted octanol–water partition coefficient (Wildman–Crippen LogP) is 4.67. The van der Waals surface area contributed by atoms with E-state index in [4.69, 9.17) is 0 Å². The van der Waals surface area contributed by atoms with Crippen LogP contribution in [-0.4, -0.2) is 6.04 Å². The first kappa shape index (κ1) is 14.7. The molecule has 17 heavy (non-hydrogen) atoms. The van der Waals surface area contributed by atoms with Gasteiger partial charge in [-0.2, -0.15) is 0 Å². The van der Waals surface area contributed by atoms with Crippen molar-refractivity contribution in [3.63, 3.8) is 0 Å². The SMILES string of the molecule is CCC(CC)C(C)NCc1ccc(C)c(Br)c1. The van der Waals surface area contributed by atoms with Crippen LogP contribution in [0.4, 0.5) is 0 Å². The fourth-order valence-electron chi connectivity index (χ4n) is 2.19. The summed E-state index contributed by atoms with van der Waals surface area (Å²) in [5.41, 5.74) is 2.64. The third kappa shape index (κ3) is 4.44. The van der Waals surface area contributed by atoms with E-state index in [0.717, 1.165) is 12.5 Å². The van der Waals surface area contributed by atoms with Gasteiger partial charge in [-0.05, 0) is 37.0 Å². The molecule has 0 aliphatic heterocycles. The highest BCUT2D eigenvalue weighted by atomic mass is 79.9. The van der Waals surface area contributed by atoms with Gasteiger partial charge in [0.15, 0.2) is 0 Å². The van der Waals surface area contributed by atoms with Crippen molar-refractivity contribution in [1.29, 1.82) is 0 Å². The Bertz CT molecular complexity index is 345. The lowest BCUT2D eigenvalue weighted by atomic mass is 9.95. The van der Waals surface area contributed by atoms with E-state index in [9.17, 15) is 0 Å². The zero-order valence-electron chi connectivity index (χ0n) is 11.4. The molecule has 1 unspecified atom stereocenters. The summed E-state index contributed by atoms with van der Waals surface area (Å²) in [5.74, 6) is 0.781. The van der Waals surface area contributed by atoms with Gasteiger partial charge >= 0.3 is 0 Å². The number of benzene rings is 1. The van der Waals surface area contributed by atoms with Crippen molar-refractivity contribution >= 4 is 15.9 Å². The Morgan fingerprint density at radius 1 is 1.24 bits per heavy atom. The lowest BCUT2D eigenvalue weighted by Crippen LogP contribution is -2.32. The van der Waals surface area contributed by atoms with Crippen LogP contribution in [0.3, 0.4) is 0 Å². The maximum atomic E-state index is 3.63. The monoisotopic (exact) mass is 297 g/mol. The Balaban J connectivity index is 2.52. The summed E-state index contributed by atoms with van der Waals surface area (Å²) in [5, 5.41) is 3.63. The molecule has 1 aromatic carbocycles. The van der Waals surface area contributed by atoms with Crippen molar-refractivity contribution in [3.8, 4) is 0 Å². The van der Waals surface area contributed by atoms with Gasteiger partial charge < -0.3 is 5.32 Å². The molecular weight excluding hydrogens is 274 g/mol. The third-order valence-corrected chi connectivity index (χ3v) is 4.47. The Labute approximate surface area is 114 Å². The molecular formula is C15H24BrN. The summed E-state index contributed by atoms with van der Waals surface area (Å²) >= 11 is 3.58. The molecule has 0 spiro atoms. The molecule has 0 bridgehead atoms. The van der Waals surface area contributed by atoms with E-state index in [1.807, 2.05) is 0 Å². The smallest absolute Gasteiger partial charge is 0.0208 e. The quantitative estimate of drug-likeness (QED) is 0.804. The van der Waals surface area contributed by atoms with Gasteiger partial charge in [-0.1, -0.05) is 54.8 Å². The van der Waals surface area contributed by atoms with Gasteiger partial charge in [-0.3, -0.25) is 0 Å². The van der Waals surface area contributed by atoms with Gasteiger partial charge in [0.1, 0.15) is 0 Å². The van der Waals surface area contributed by atoms with Crippen LogP contribution in [-0.2, 0) is 6.54 Å². The lowest BCUT2D eigenvalue weighted by Gasteiger charge is -2.22. The first-order valence-electron chi connectivity index (χ1n) is 6.56. The Hall–Kier alpha value is -0.340. The molecule has 1 atom stereocenters. The minimum atomic E-state index is 0.588. The molecule has 0 aromatic heterocycles. The van der Waals surface area contributed by atoms with Gasteiger partial charge in [0.2, 0.25) is 0 Å². The second-order valence-corrected chi connectivity index (χ2v) is 5.68. The molecule has 0 radical (unpaired) electrons. The van der Waals surface area contributed by atoms with E-state index in [1.165, 1.54) is 28.4 Å². The minimum absolute atomic E-state index is 0.588. The van der Waals surface area contributed by atoms with Gasteiger partial charge in [0.05, 0.1) is 0 Å². The lowest BCUT2D eigenvalue weighted by molar-refractivity contribution is 0.353. The summed E-state index contributed by atoms with van der Waals surface area (Å²) in [6.45, 7) is 9.91. The number of nitrogens with one attached hydrogen (secondary N) is 1. The number of hydrogen-bond donors (Lipinski definition) is 1. The van der Waals surface area contributed by atoms with Crippen molar-refractivity contribution in [3.05, 3.63) is 33.8 Å². The van der Waals surface area contributed by atoms with Crippen LogP contribution in [0.2, 0.25) is 0 Å². The Morgan fingerprint density at radius 3 is 2.41 bits per heavy atom. The van der Waals surface area contributed by atoms with Crippen LogP contribution in [0.1, 0.15) is 44.7 Å². The van der Waals surface area contributed by atoms with E-state index in [0.29, 0.717) is 6.04 Å². The second kappa shape index (κ2) is 7.17. The molecule has 96 valence electrons. The van der Waals surface area contributed by atoms with E-state index in [-0.39, 0.29) is 0 Å². The van der Waals surface area contributed by atoms with Gasteiger partial charge in [0.25, 0.3) is 0 Å². The number of rotatable bonds is 6. The van der Waals surface area contributed by atoms with Crippen LogP contribution in [0, 0.1) is 12.8 Å². The summed E-state index contributed by atoms with van der Waals surface area (Å²) in [7, 11) is 0. The second-order valence-electron chi connectivity index (χ2n) is 4.83. The largest absolute Gasteiger partial charge is 0.310 e. The minimum Gasteiger partial charge on any atom is -0.310 e. The molecule has 1 rings (SSSR count). The molecule has 1 N–H and O–H groups in total. The maximum Gasteiger partial charge on any atom is 0.0208 e. The molecule has 0 saturated heterocycles. The average molecular weight is 298 g/mol. The van der Waals surface area contributed by atoms with Crippen LogP contribution >= 0.6 is 15.9 Å². The number of halogens is 1. The van der Waals surface area contributed by atoms with Crippen molar-refractivity contribution < 1.29 is 0 Å². The van der Waals surface area contributed by atoms with E-state index in [1.54, 1.807) is 0 Å². The topological polar surface area (TPSA) is 12.0 Å². The molecule has 0 aliphatic carbocycles. The zero-order chi connectivity index (χ0) is 12.8. The first-order valence-corrected chi connectivity index (χ1v) is 7.36. The normalized spacial score (nSPS) is 13.1. The maximum absolute atomic E-state index is 3.63. The Morgan fingerprint density at radius 2 is 1.88 bits per heavy atom. The molecule has 0 fully saturated rings. The van der Waals surface area contributed by atoms with Crippen LogP contribution in [0.5, 0.6) is 0 Å². The van der Waals surface area contributed by atoms with Gasteiger partial charge in [-0.25, -0.2) is 0 Å². The van der Waals surface area contributed by atoms with Gasteiger partial charge in [-0.15, -0.1) is 0 Å². The fraction of sp³-hybridized carbons (Fsp3) is 0.600. The highest BCUT2D eigenvalue weighted by molar-refractivity contribution is 9.10. The third-order valence-electron chi connectivity index (χ3n) is 3.62. The standard InChI is InChI=1S/C15H24BrN/c1-5-14(6-2)12(4)17-10-13-8-7-11(3)15(16)9-13/h7-9,12,14,17H,5-6,10H2,1-4H3. The molecule has 0 amide bonds. The van der Waals surface area contributed by atoms with E-state index in [2.05, 4.69) is 67.1 Å². The highest BCUT2D eigenvalue weighted by Gasteiger charge is 2.12. The summed E-state index contributed by atoms with van der Waals surface area (Å²) in [6.07, 6.45) is 2.50. The molecule has 1 nitrogen and oxygen atoms in total. The summed E-state index contributed by atoms with van der Waals surface area (Å²) in [4.78, 5) is 0. The predicted molar refractivity (Wildman–Crippen MR) is 79.3 cm³/mol. The summed E-state index contributed by atoms with van der Waals surface area (Å²) < 4.78 is 1.20. The van der Waals surface area contributed by atoms with Crippen molar-refractivity contribution in [1.82, 2.24) is 5.32 Å². The Kier molecular flexibility index (Phi) is 6.21. The fourth-order valence-corrected chi connectivity index (χ4v) is 2.61. The average Bonchev–Trinajstić information content (AvgIpc) is 2.32. The van der Waals surface area contributed by atoms with E-state index < -0.39 is 0 Å². The highest BCUT2D eigenvalue weighted by Crippen LogP contribution is 2.18. The van der Waals surface area contributed by atoms with Gasteiger partial charge in [0, 0.05) is 17.1 Å². The first-order chi connectivity index (χ1) is 8.08. The van der Waals surface area contributed by atoms with Crippen molar-refractivity contribution in [2.45, 2.75) is 53.1 Å². The van der Waals surface area contributed by atoms with E-state index >= 15 is 0 Å². The van der Waals surface area contributed by atoms with Crippen LogP contribution < -0.4 is 5.32 Å². The van der Waals surface area contributed by atoms with Crippen molar-refractivity contribution in [2.24, 2.45) is 5.92 Å². The molecule has 0 saturated carbocycles. The number of hydrogen-bond acceptors (Lipinski definition) is 1. The van der Waals surface area contributed by atoms with Crippen LogP contribution in [0.15, 0.2) is 22.7 Å². The van der Waals surface area contributed by atoms with Crippen molar-refractivity contribution in [2.75, 3.05) is 0 Å². The molecule has 2 heteroatoms. The molecule has 0 heterocycles. The van der Waals surface area contributed by atoms with Crippen LogP contribution in [0.25, 0.3) is 0 Å². The number of aryl methyl sites for hydroxylation is 1. The summed E-state index contributed by atoms with van der Waals surface area (Å²) in [6, 6.07) is 7.17. The molecule has 0 aliphatic rings. The molecule has 1 aromatic rings.